The van der Waals surface area contributed by atoms with E-state index in [0.717, 1.165) is 25.1 Å². The van der Waals surface area contributed by atoms with E-state index in [9.17, 15) is 4.79 Å². The highest BCUT2D eigenvalue weighted by atomic mass is 35.5. The molecule has 4 N–H and O–H groups in total. The van der Waals surface area contributed by atoms with Crippen LogP contribution < -0.4 is 5.73 Å². The summed E-state index contributed by atoms with van der Waals surface area (Å²) in [6.45, 7) is 1.57. The first-order valence-electron chi connectivity index (χ1n) is 7.19. The number of nitrogens with two attached hydrogens (primary N) is 1. The number of hydrogen-bond acceptors (Lipinski definition) is 5. The van der Waals surface area contributed by atoms with Gasteiger partial charge in [0.05, 0.1) is 0 Å². The van der Waals surface area contributed by atoms with Crippen LogP contribution in [0.15, 0.2) is 35.7 Å². The van der Waals surface area contributed by atoms with Crippen molar-refractivity contribution in [1.29, 1.82) is 0 Å². The van der Waals surface area contributed by atoms with Crippen molar-refractivity contribution in [2.75, 3.05) is 6.54 Å². The molecule has 0 saturated heterocycles. The monoisotopic (exact) mass is 404 g/mol. The molecule has 1 aliphatic rings. The van der Waals surface area contributed by atoms with Crippen molar-refractivity contribution in [1.82, 2.24) is 4.90 Å². The summed E-state index contributed by atoms with van der Waals surface area (Å²) >= 11 is 8.01. The number of fused-ring (bicyclic) bond motifs is 1. The van der Waals surface area contributed by atoms with Crippen LogP contribution in [-0.4, -0.2) is 34.9 Å². The van der Waals surface area contributed by atoms with Gasteiger partial charge in [0.2, 0.25) is 5.91 Å². The fraction of sp³-hybridized carbons (Fsp3) is 0.267. The predicted octanol–water partition coefficient (Wildman–Crippen LogP) is 2.33. The molecule has 0 radical (unpaired) electrons. The third-order valence-corrected chi connectivity index (χ3v) is 5.04. The molecule has 0 saturated carbocycles. The van der Waals surface area contributed by atoms with Crippen LogP contribution in [0.4, 0.5) is 0 Å². The Kier molecular flexibility index (Phi) is 6.55. The lowest BCUT2D eigenvalue weighted by Crippen LogP contribution is -2.40. The number of benzene rings is 1. The van der Waals surface area contributed by atoms with Crippen molar-refractivity contribution in [2.45, 2.75) is 19.0 Å². The average molecular weight is 405 g/mol. The van der Waals surface area contributed by atoms with Crippen LogP contribution in [0, 0.1) is 0 Å². The largest absolute Gasteiger partial charge is 0.394 e. The Bertz CT molecular complexity index is 845. The van der Waals surface area contributed by atoms with Gasteiger partial charge >= 0.3 is 10.4 Å². The Hall–Kier alpha value is -1.49. The maximum Gasteiger partial charge on any atom is 0.394 e. The average Bonchev–Trinajstić information content (AvgIpc) is 2.95. The summed E-state index contributed by atoms with van der Waals surface area (Å²) in [6.07, 6.45) is 0.960. The van der Waals surface area contributed by atoms with E-state index in [1.54, 1.807) is 17.4 Å². The maximum absolute atomic E-state index is 11.9. The molecule has 1 aromatic carbocycles. The SMILES string of the molecule is NC(=O)C(c1ccccc1Cl)N1CCc2sccc2C1.O=S(=O)(O)O. The molecule has 3 rings (SSSR count). The maximum atomic E-state index is 11.9. The molecule has 10 heteroatoms. The van der Waals surface area contributed by atoms with E-state index in [4.69, 9.17) is 34.9 Å². The summed E-state index contributed by atoms with van der Waals surface area (Å²) < 4.78 is 31.6. The number of halogens is 1. The first-order chi connectivity index (χ1) is 11.7. The van der Waals surface area contributed by atoms with E-state index in [0.29, 0.717) is 5.02 Å². The molecule has 1 amide bonds. The number of hydrogen-bond donors (Lipinski definition) is 3. The summed E-state index contributed by atoms with van der Waals surface area (Å²) in [5.74, 6) is -0.350. The molecule has 0 aliphatic carbocycles. The zero-order valence-electron chi connectivity index (χ0n) is 13.0. The third-order valence-electron chi connectivity index (χ3n) is 3.67. The minimum Gasteiger partial charge on any atom is -0.368 e. The Balaban J connectivity index is 0.000000399. The van der Waals surface area contributed by atoms with Crippen molar-refractivity contribution in [3.8, 4) is 0 Å². The standard InChI is InChI=1S/C15H15ClN2OS.H2O4S/c16-12-4-2-1-3-11(12)14(15(17)19)18-7-5-13-10(9-18)6-8-20-13;1-5(2,3)4/h1-4,6,8,14H,5,7,9H2,(H2,17,19);(H2,1,2,3,4). The van der Waals surface area contributed by atoms with E-state index in [1.165, 1.54) is 10.4 Å². The van der Waals surface area contributed by atoms with E-state index < -0.39 is 16.4 Å². The highest BCUT2D eigenvalue weighted by molar-refractivity contribution is 7.79. The highest BCUT2D eigenvalue weighted by Gasteiger charge is 2.30. The normalized spacial score (nSPS) is 15.6. The summed E-state index contributed by atoms with van der Waals surface area (Å²) in [5, 5.41) is 2.69. The van der Waals surface area contributed by atoms with Crippen LogP contribution in [0.3, 0.4) is 0 Å². The molecule has 1 unspecified atom stereocenters. The van der Waals surface area contributed by atoms with Crippen molar-refractivity contribution < 1.29 is 22.3 Å². The van der Waals surface area contributed by atoms with Crippen molar-refractivity contribution in [3.05, 3.63) is 56.7 Å². The van der Waals surface area contributed by atoms with E-state index in [-0.39, 0.29) is 5.91 Å². The van der Waals surface area contributed by atoms with Crippen LogP contribution in [-0.2, 0) is 28.2 Å². The fourth-order valence-electron chi connectivity index (χ4n) is 2.72. The number of primary amides is 1. The topological polar surface area (TPSA) is 121 Å². The third kappa shape index (κ3) is 5.77. The first kappa shape index (κ1) is 19.8. The minimum absolute atomic E-state index is 0.350. The molecule has 136 valence electrons. The molecule has 0 fully saturated rings. The number of carbonyl (C=O) groups is 1. The lowest BCUT2D eigenvalue weighted by atomic mass is 10.0. The Morgan fingerprint density at radius 3 is 2.52 bits per heavy atom. The Labute approximate surface area is 154 Å². The molecule has 1 atom stereocenters. The molecule has 1 aliphatic heterocycles. The predicted molar refractivity (Wildman–Crippen MR) is 96.0 cm³/mol. The van der Waals surface area contributed by atoms with Gasteiger partial charge in [0.15, 0.2) is 0 Å². The Morgan fingerprint density at radius 2 is 1.92 bits per heavy atom. The van der Waals surface area contributed by atoms with Gasteiger partial charge in [-0.1, -0.05) is 29.8 Å². The summed E-state index contributed by atoms with van der Waals surface area (Å²) in [7, 11) is -4.67. The lowest BCUT2D eigenvalue weighted by molar-refractivity contribution is -0.123. The molecule has 2 heterocycles. The van der Waals surface area contributed by atoms with E-state index >= 15 is 0 Å². The van der Waals surface area contributed by atoms with Gasteiger partial charge in [-0.25, -0.2) is 0 Å². The second kappa shape index (κ2) is 8.26. The summed E-state index contributed by atoms with van der Waals surface area (Å²) in [6, 6.07) is 9.08. The molecule has 0 bridgehead atoms. The molecule has 2 aromatic rings. The van der Waals surface area contributed by atoms with Crippen molar-refractivity contribution in [2.24, 2.45) is 5.73 Å². The van der Waals surface area contributed by atoms with Crippen LogP contribution >= 0.6 is 22.9 Å². The van der Waals surface area contributed by atoms with Gasteiger partial charge in [0.1, 0.15) is 6.04 Å². The van der Waals surface area contributed by atoms with Crippen LogP contribution in [0.25, 0.3) is 0 Å². The molecule has 0 spiro atoms. The van der Waals surface area contributed by atoms with Gasteiger partial charge in [-0.05, 0) is 35.1 Å². The zero-order valence-corrected chi connectivity index (χ0v) is 15.4. The van der Waals surface area contributed by atoms with E-state index in [2.05, 4.69) is 16.3 Å². The van der Waals surface area contributed by atoms with E-state index in [1.807, 2.05) is 18.2 Å². The van der Waals surface area contributed by atoms with Crippen LogP contribution in [0.1, 0.15) is 22.0 Å². The van der Waals surface area contributed by atoms with Crippen molar-refractivity contribution >= 4 is 39.2 Å². The molecular weight excluding hydrogens is 388 g/mol. The number of amides is 1. The lowest BCUT2D eigenvalue weighted by Gasteiger charge is -2.33. The highest BCUT2D eigenvalue weighted by Crippen LogP contribution is 2.32. The second-order valence-corrected chi connectivity index (χ2v) is 7.67. The summed E-state index contributed by atoms with van der Waals surface area (Å²) in [5.41, 5.74) is 7.71. The molecular formula is C15H17ClN2O5S2. The smallest absolute Gasteiger partial charge is 0.368 e. The number of nitrogens with zero attached hydrogens (tertiary/aromatic N) is 1. The van der Waals surface area contributed by atoms with Gasteiger partial charge in [-0.15, -0.1) is 11.3 Å². The van der Waals surface area contributed by atoms with Crippen molar-refractivity contribution in [3.63, 3.8) is 0 Å². The minimum atomic E-state index is -4.67. The Morgan fingerprint density at radius 1 is 1.28 bits per heavy atom. The fourth-order valence-corrected chi connectivity index (χ4v) is 3.85. The van der Waals surface area contributed by atoms with Crippen LogP contribution in [0.2, 0.25) is 5.02 Å². The van der Waals surface area contributed by atoms with Gasteiger partial charge in [-0.2, -0.15) is 8.42 Å². The summed E-state index contributed by atoms with van der Waals surface area (Å²) in [4.78, 5) is 15.4. The number of rotatable bonds is 3. The molecule has 25 heavy (non-hydrogen) atoms. The molecule has 1 aromatic heterocycles. The number of thiophene rings is 1. The van der Waals surface area contributed by atoms with Gasteiger partial charge in [0, 0.05) is 23.0 Å². The number of carbonyl (C=O) groups excluding carboxylic acids is 1. The first-order valence-corrected chi connectivity index (χ1v) is 9.85. The van der Waals surface area contributed by atoms with Crippen LogP contribution in [0.5, 0.6) is 0 Å². The zero-order chi connectivity index (χ0) is 18.6. The van der Waals surface area contributed by atoms with Gasteiger partial charge < -0.3 is 5.73 Å². The quantitative estimate of drug-likeness (QED) is 0.675. The molecule has 7 nitrogen and oxygen atoms in total. The second-order valence-electron chi connectivity index (χ2n) is 5.36. The van der Waals surface area contributed by atoms with Gasteiger partial charge in [-0.3, -0.25) is 18.8 Å². The van der Waals surface area contributed by atoms with Gasteiger partial charge in [0.25, 0.3) is 0 Å².